The molecule has 1 aliphatic heterocycles. The average Bonchev–Trinajstić information content (AvgIpc) is 3.29. The summed E-state index contributed by atoms with van der Waals surface area (Å²) in [5, 5.41) is 3.60. The van der Waals surface area contributed by atoms with Crippen molar-refractivity contribution in [3.05, 3.63) is 24.0 Å². The molecular formula is C16H25N3O. The van der Waals surface area contributed by atoms with E-state index < -0.39 is 0 Å². The first-order valence-electron chi connectivity index (χ1n) is 7.82. The second-order valence-corrected chi connectivity index (χ2v) is 6.02. The Hall–Kier alpha value is -1.13. The van der Waals surface area contributed by atoms with Crippen LogP contribution in [0.1, 0.15) is 38.7 Å². The fraction of sp³-hybridized carbons (Fsp3) is 0.688. The van der Waals surface area contributed by atoms with Crippen molar-refractivity contribution in [2.45, 2.75) is 57.8 Å². The molecule has 3 rings (SSSR count). The van der Waals surface area contributed by atoms with E-state index in [4.69, 9.17) is 4.74 Å². The van der Waals surface area contributed by atoms with Gasteiger partial charge < -0.3 is 15.0 Å². The molecular weight excluding hydrogens is 250 g/mol. The van der Waals surface area contributed by atoms with Gasteiger partial charge in [-0.15, -0.1) is 0 Å². The molecule has 2 atom stereocenters. The normalized spacial score (nSPS) is 26.8. The minimum atomic E-state index is 0.301. The maximum absolute atomic E-state index is 5.81. The first-order valence-corrected chi connectivity index (χ1v) is 7.82. The van der Waals surface area contributed by atoms with Crippen LogP contribution in [0.3, 0.4) is 0 Å². The van der Waals surface area contributed by atoms with Crippen molar-refractivity contribution < 1.29 is 4.74 Å². The first-order chi connectivity index (χ1) is 9.78. The Morgan fingerprint density at radius 2 is 2.30 bits per heavy atom. The van der Waals surface area contributed by atoms with Crippen LogP contribution < -0.4 is 10.2 Å². The summed E-state index contributed by atoms with van der Waals surface area (Å²) in [6.45, 7) is 7.12. The molecule has 2 heterocycles. The lowest BCUT2D eigenvalue weighted by Gasteiger charge is -2.40. The predicted molar refractivity (Wildman–Crippen MR) is 80.9 cm³/mol. The molecule has 2 unspecified atom stereocenters. The number of morpholine rings is 1. The monoisotopic (exact) mass is 275 g/mol. The molecule has 1 saturated carbocycles. The average molecular weight is 275 g/mol. The Morgan fingerprint density at radius 1 is 1.45 bits per heavy atom. The molecule has 1 aromatic heterocycles. The van der Waals surface area contributed by atoms with Crippen molar-refractivity contribution in [1.82, 2.24) is 10.3 Å². The van der Waals surface area contributed by atoms with E-state index in [2.05, 4.69) is 35.1 Å². The summed E-state index contributed by atoms with van der Waals surface area (Å²) >= 11 is 0. The molecule has 1 aliphatic carbocycles. The minimum Gasteiger partial charge on any atom is -0.375 e. The number of hydrogen-bond donors (Lipinski definition) is 1. The van der Waals surface area contributed by atoms with Crippen LogP contribution in [0.25, 0.3) is 0 Å². The predicted octanol–water partition coefficient (Wildman–Crippen LogP) is 2.34. The summed E-state index contributed by atoms with van der Waals surface area (Å²) in [4.78, 5) is 6.82. The van der Waals surface area contributed by atoms with Gasteiger partial charge in [-0.1, -0.05) is 6.92 Å². The number of nitrogens with zero attached hydrogens (tertiary/aromatic N) is 2. The number of pyridine rings is 1. The van der Waals surface area contributed by atoms with Crippen molar-refractivity contribution in [3.8, 4) is 0 Å². The molecule has 110 valence electrons. The summed E-state index contributed by atoms with van der Waals surface area (Å²) in [5.41, 5.74) is 2.64. The number of ether oxygens (including phenoxy) is 1. The molecule has 0 spiro atoms. The van der Waals surface area contributed by atoms with E-state index in [-0.39, 0.29) is 0 Å². The Bertz CT molecular complexity index is 447. The first kappa shape index (κ1) is 13.8. The lowest BCUT2D eigenvalue weighted by atomic mass is 10.1. The molecule has 0 radical (unpaired) electrons. The Morgan fingerprint density at radius 3 is 3.05 bits per heavy atom. The molecule has 4 heteroatoms. The fourth-order valence-electron chi connectivity index (χ4n) is 2.86. The summed E-state index contributed by atoms with van der Waals surface area (Å²) < 4.78 is 5.81. The second kappa shape index (κ2) is 6.10. The minimum absolute atomic E-state index is 0.301. The number of anilines is 1. The summed E-state index contributed by atoms with van der Waals surface area (Å²) in [6, 6.07) is 3.37. The zero-order valence-corrected chi connectivity index (χ0v) is 12.5. The molecule has 20 heavy (non-hydrogen) atoms. The van der Waals surface area contributed by atoms with Crippen molar-refractivity contribution in [3.63, 3.8) is 0 Å². The topological polar surface area (TPSA) is 37.4 Å². The molecule has 1 aromatic rings. The molecule has 2 fully saturated rings. The summed E-state index contributed by atoms with van der Waals surface area (Å²) in [6.07, 6.45) is 7.98. The standard InChI is InChI=1S/C16H25N3O/c1-3-15-11-20-12(2)10-19(15)16-6-7-17-8-13(16)9-18-14-4-5-14/h6-8,12,14-15,18H,3-5,9-11H2,1-2H3. The van der Waals surface area contributed by atoms with Gasteiger partial charge in [-0.3, -0.25) is 4.98 Å². The number of nitrogens with one attached hydrogen (secondary N) is 1. The van der Waals surface area contributed by atoms with Crippen LogP contribution in [0.2, 0.25) is 0 Å². The molecule has 1 saturated heterocycles. The highest BCUT2D eigenvalue weighted by molar-refractivity contribution is 5.53. The highest BCUT2D eigenvalue weighted by Gasteiger charge is 2.27. The van der Waals surface area contributed by atoms with E-state index in [0.717, 1.165) is 32.2 Å². The van der Waals surface area contributed by atoms with Gasteiger partial charge in [0.25, 0.3) is 0 Å². The molecule has 4 nitrogen and oxygen atoms in total. The van der Waals surface area contributed by atoms with Crippen molar-refractivity contribution in [2.75, 3.05) is 18.1 Å². The van der Waals surface area contributed by atoms with Gasteiger partial charge in [0.2, 0.25) is 0 Å². The number of hydrogen-bond acceptors (Lipinski definition) is 4. The third-order valence-electron chi connectivity index (χ3n) is 4.28. The van der Waals surface area contributed by atoms with Crippen LogP contribution in [0.5, 0.6) is 0 Å². The van der Waals surface area contributed by atoms with Gasteiger partial charge in [0.1, 0.15) is 0 Å². The zero-order chi connectivity index (χ0) is 13.9. The maximum atomic E-state index is 5.81. The largest absolute Gasteiger partial charge is 0.375 e. The summed E-state index contributed by atoms with van der Waals surface area (Å²) in [5.74, 6) is 0. The van der Waals surface area contributed by atoms with Crippen LogP contribution in [0.15, 0.2) is 18.5 Å². The Balaban J connectivity index is 1.78. The second-order valence-electron chi connectivity index (χ2n) is 6.02. The lowest BCUT2D eigenvalue weighted by Crippen LogP contribution is -2.49. The van der Waals surface area contributed by atoms with Gasteiger partial charge in [0.15, 0.2) is 0 Å². The smallest absolute Gasteiger partial charge is 0.0723 e. The van der Waals surface area contributed by atoms with Crippen molar-refractivity contribution in [2.24, 2.45) is 0 Å². The fourth-order valence-corrected chi connectivity index (χ4v) is 2.86. The Labute approximate surface area is 121 Å². The Kier molecular flexibility index (Phi) is 4.22. The van der Waals surface area contributed by atoms with Crippen LogP contribution >= 0.6 is 0 Å². The van der Waals surface area contributed by atoms with Crippen molar-refractivity contribution in [1.29, 1.82) is 0 Å². The molecule has 0 amide bonds. The van der Waals surface area contributed by atoms with Gasteiger partial charge in [0.05, 0.1) is 18.8 Å². The van der Waals surface area contributed by atoms with E-state index in [0.29, 0.717) is 12.1 Å². The number of aromatic nitrogens is 1. The van der Waals surface area contributed by atoms with E-state index in [1.54, 1.807) is 0 Å². The van der Waals surface area contributed by atoms with Crippen LogP contribution in [0.4, 0.5) is 5.69 Å². The van der Waals surface area contributed by atoms with Gasteiger partial charge in [-0.05, 0) is 32.3 Å². The third-order valence-corrected chi connectivity index (χ3v) is 4.28. The third kappa shape index (κ3) is 3.13. The molecule has 0 bridgehead atoms. The van der Waals surface area contributed by atoms with E-state index in [1.807, 2.05) is 12.4 Å². The lowest BCUT2D eigenvalue weighted by molar-refractivity contribution is 0.0299. The quantitative estimate of drug-likeness (QED) is 0.895. The van der Waals surface area contributed by atoms with Gasteiger partial charge in [-0.25, -0.2) is 0 Å². The van der Waals surface area contributed by atoms with Gasteiger partial charge >= 0.3 is 0 Å². The zero-order valence-electron chi connectivity index (χ0n) is 12.5. The van der Waals surface area contributed by atoms with Crippen LogP contribution in [-0.2, 0) is 11.3 Å². The summed E-state index contributed by atoms with van der Waals surface area (Å²) in [7, 11) is 0. The van der Waals surface area contributed by atoms with Crippen molar-refractivity contribution >= 4 is 5.69 Å². The maximum Gasteiger partial charge on any atom is 0.0723 e. The highest BCUT2D eigenvalue weighted by Crippen LogP contribution is 2.27. The molecule has 1 N–H and O–H groups in total. The number of rotatable bonds is 5. The van der Waals surface area contributed by atoms with Gasteiger partial charge in [-0.2, -0.15) is 0 Å². The van der Waals surface area contributed by atoms with Gasteiger partial charge in [0, 0.05) is 42.8 Å². The van der Waals surface area contributed by atoms with E-state index >= 15 is 0 Å². The SMILES string of the molecule is CCC1COC(C)CN1c1ccncc1CNC1CC1. The van der Waals surface area contributed by atoms with Crippen LogP contribution in [-0.4, -0.2) is 36.3 Å². The van der Waals surface area contributed by atoms with E-state index in [1.165, 1.54) is 24.1 Å². The van der Waals surface area contributed by atoms with E-state index in [9.17, 15) is 0 Å². The highest BCUT2D eigenvalue weighted by atomic mass is 16.5. The van der Waals surface area contributed by atoms with Crippen LogP contribution in [0, 0.1) is 0 Å². The molecule has 2 aliphatic rings. The molecule has 0 aromatic carbocycles.